The predicted molar refractivity (Wildman–Crippen MR) is 175 cm³/mol. The third-order valence-electron chi connectivity index (χ3n) is 9.47. The normalized spacial score (nSPS) is 16.5. The monoisotopic (exact) mass is 611 g/mol. The molecule has 228 valence electrons. The van der Waals surface area contributed by atoms with E-state index in [0.29, 0.717) is 41.3 Å². The molecule has 0 saturated heterocycles. The maximum absolute atomic E-state index is 15.4. The molecule has 5 heterocycles. The lowest BCUT2D eigenvalue weighted by molar-refractivity contribution is 0.0984. The molecule has 0 bridgehead atoms. The lowest BCUT2D eigenvalue weighted by Crippen LogP contribution is -2.37. The van der Waals surface area contributed by atoms with E-state index < -0.39 is 5.82 Å². The van der Waals surface area contributed by atoms with Crippen LogP contribution < -0.4 is 15.8 Å². The van der Waals surface area contributed by atoms with Crippen LogP contribution in [0.5, 0.6) is 0 Å². The number of anilines is 3. The largest absolute Gasteiger partial charge is 0.336 e. The molecule has 4 aromatic rings. The van der Waals surface area contributed by atoms with Gasteiger partial charge < -0.3 is 14.8 Å². The average Bonchev–Trinajstić information content (AvgIpc) is 3.42. The van der Waals surface area contributed by atoms with Crippen LogP contribution in [0.25, 0.3) is 11.1 Å². The van der Waals surface area contributed by atoms with Crippen LogP contribution in [0.2, 0.25) is 0 Å². The standard InChI is InChI=1S/C35H38FN5O2S/c1-4-24-27(17-23(36)18-30(24)41-15-12-26-25-8-6-7-9-31(25)44-33(26)35(41)43)22-16-29(34(42)39(3)19-22)38-32-11-10-21-20-40(5-2)14-13-28(21)37-32/h10-11,16-19H,4-9,12-15,20H2,1-3H3,(H,37,38). The van der Waals surface area contributed by atoms with Crippen molar-refractivity contribution >= 4 is 34.4 Å². The number of thiophene rings is 1. The van der Waals surface area contributed by atoms with Gasteiger partial charge in [-0.2, -0.15) is 0 Å². The highest BCUT2D eigenvalue weighted by Gasteiger charge is 2.33. The Morgan fingerprint density at radius 1 is 1.00 bits per heavy atom. The van der Waals surface area contributed by atoms with Crippen molar-refractivity contribution in [1.82, 2.24) is 14.5 Å². The molecule has 3 aromatic heterocycles. The summed E-state index contributed by atoms with van der Waals surface area (Å²) in [5.74, 6) is 0.185. The van der Waals surface area contributed by atoms with Crippen LogP contribution in [-0.4, -0.2) is 40.0 Å². The first-order valence-electron chi connectivity index (χ1n) is 15.8. The summed E-state index contributed by atoms with van der Waals surface area (Å²) in [4.78, 5) is 38.3. The number of nitrogens with one attached hydrogen (secondary N) is 1. The lowest BCUT2D eigenvalue weighted by atomic mass is 9.91. The van der Waals surface area contributed by atoms with Crippen molar-refractivity contribution in [3.63, 3.8) is 0 Å². The van der Waals surface area contributed by atoms with Gasteiger partial charge in [-0.15, -0.1) is 11.3 Å². The number of pyridine rings is 2. The second-order valence-corrected chi connectivity index (χ2v) is 13.2. The summed E-state index contributed by atoms with van der Waals surface area (Å²) in [7, 11) is 1.71. The summed E-state index contributed by atoms with van der Waals surface area (Å²) in [6.45, 7) is 7.58. The second kappa shape index (κ2) is 11.6. The molecule has 0 spiro atoms. The van der Waals surface area contributed by atoms with Crippen molar-refractivity contribution in [2.24, 2.45) is 7.05 Å². The summed E-state index contributed by atoms with van der Waals surface area (Å²) in [6, 6.07) is 8.80. The minimum absolute atomic E-state index is 0.0275. The number of hydrogen-bond acceptors (Lipinski definition) is 6. The van der Waals surface area contributed by atoms with Crippen molar-refractivity contribution in [3.05, 3.63) is 90.4 Å². The molecule has 2 aliphatic heterocycles. The van der Waals surface area contributed by atoms with Crippen LogP contribution in [-0.2, 0) is 45.7 Å². The summed E-state index contributed by atoms with van der Waals surface area (Å²) in [5, 5.41) is 3.26. The molecule has 0 atom stereocenters. The highest BCUT2D eigenvalue weighted by Crippen LogP contribution is 2.41. The minimum Gasteiger partial charge on any atom is -0.336 e. The van der Waals surface area contributed by atoms with Gasteiger partial charge in [0.1, 0.15) is 17.3 Å². The lowest BCUT2D eigenvalue weighted by Gasteiger charge is -2.30. The van der Waals surface area contributed by atoms with Crippen LogP contribution in [0.1, 0.15) is 69.2 Å². The zero-order valence-electron chi connectivity index (χ0n) is 25.6. The molecule has 0 unspecified atom stereocenters. The quantitative estimate of drug-likeness (QED) is 0.273. The molecule has 1 amide bonds. The Hall–Kier alpha value is -3.82. The Kier molecular flexibility index (Phi) is 7.62. The van der Waals surface area contributed by atoms with Gasteiger partial charge in [0.05, 0.1) is 10.6 Å². The molecule has 1 N–H and O–H groups in total. The highest BCUT2D eigenvalue weighted by atomic mass is 32.1. The van der Waals surface area contributed by atoms with E-state index in [2.05, 4.69) is 23.2 Å². The van der Waals surface area contributed by atoms with Gasteiger partial charge in [0.25, 0.3) is 11.5 Å². The maximum Gasteiger partial charge on any atom is 0.274 e. The number of benzene rings is 1. The molecule has 9 heteroatoms. The molecular weight excluding hydrogens is 573 g/mol. The van der Waals surface area contributed by atoms with Crippen LogP contribution >= 0.6 is 11.3 Å². The van der Waals surface area contributed by atoms with Gasteiger partial charge in [-0.3, -0.25) is 14.5 Å². The third kappa shape index (κ3) is 5.06. The number of rotatable bonds is 6. The summed E-state index contributed by atoms with van der Waals surface area (Å²) >= 11 is 1.64. The summed E-state index contributed by atoms with van der Waals surface area (Å²) in [5.41, 5.74) is 7.95. The SMILES string of the molecule is CCc1c(-c2cc(Nc3ccc4c(n3)CCN(CC)C4)c(=O)n(C)c2)cc(F)cc1N1CCc2c(sc3c2CCCC3)C1=O. The Bertz CT molecular complexity index is 1840. The number of aryl methyl sites for hydroxylation is 2. The van der Waals surface area contributed by atoms with Crippen molar-refractivity contribution in [1.29, 1.82) is 0 Å². The third-order valence-corrected chi connectivity index (χ3v) is 10.8. The van der Waals surface area contributed by atoms with Crippen LogP contribution in [0.3, 0.4) is 0 Å². The molecule has 1 aliphatic carbocycles. The van der Waals surface area contributed by atoms with Gasteiger partial charge in [0.15, 0.2) is 0 Å². The Balaban J connectivity index is 1.24. The molecule has 3 aliphatic rings. The first-order valence-corrected chi connectivity index (χ1v) is 16.6. The molecule has 44 heavy (non-hydrogen) atoms. The zero-order chi connectivity index (χ0) is 30.5. The van der Waals surface area contributed by atoms with Crippen molar-refractivity contribution in [2.75, 3.05) is 29.9 Å². The fourth-order valence-electron chi connectivity index (χ4n) is 7.14. The van der Waals surface area contributed by atoms with Crippen molar-refractivity contribution < 1.29 is 9.18 Å². The van der Waals surface area contributed by atoms with E-state index in [0.717, 1.165) is 61.5 Å². The Morgan fingerprint density at radius 3 is 2.66 bits per heavy atom. The number of fused-ring (bicyclic) bond motifs is 4. The van der Waals surface area contributed by atoms with Crippen LogP contribution in [0.4, 0.5) is 21.6 Å². The number of likely N-dealkylation sites (N-methyl/N-ethyl adjacent to an activating group) is 1. The zero-order valence-corrected chi connectivity index (χ0v) is 26.5. The fourth-order valence-corrected chi connectivity index (χ4v) is 8.53. The van der Waals surface area contributed by atoms with E-state index >= 15 is 4.39 Å². The average molecular weight is 612 g/mol. The Labute approximate surface area is 261 Å². The van der Waals surface area contributed by atoms with Crippen molar-refractivity contribution in [3.8, 4) is 11.1 Å². The van der Waals surface area contributed by atoms with Gasteiger partial charge in [0.2, 0.25) is 0 Å². The Morgan fingerprint density at radius 2 is 1.84 bits per heavy atom. The number of carbonyl (C=O) groups excluding carboxylic acids is 1. The molecule has 7 rings (SSSR count). The van der Waals surface area contributed by atoms with Gasteiger partial charge in [-0.05, 0) is 97.2 Å². The molecule has 7 nitrogen and oxygen atoms in total. The van der Waals surface area contributed by atoms with E-state index in [1.165, 1.54) is 51.1 Å². The van der Waals surface area contributed by atoms with E-state index in [1.807, 2.05) is 13.0 Å². The number of aromatic nitrogens is 2. The number of carbonyl (C=O) groups is 1. The van der Waals surface area contributed by atoms with Crippen LogP contribution in [0, 0.1) is 5.82 Å². The van der Waals surface area contributed by atoms with E-state index in [1.54, 1.807) is 35.5 Å². The van der Waals surface area contributed by atoms with E-state index in [9.17, 15) is 9.59 Å². The molecule has 1 aromatic carbocycles. The van der Waals surface area contributed by atoms with Gasteiger partial charge >= 0.3 is 0 Å². The molecular formula is C35H38FN5O2S. The first-order chi connectivity index (χ1) is 21.3. The first kappa shape index (κ1) is 28.9. The number of hydrogen-bond donors (Lipinski definition) is 1. The minimum atomic E-state index is -0.405. The van der Waals surface area contributed by atoms with Crippen molar-refractivity contribution in [2.45, 2.75) is 65.3 Å². The van der Waals surface area contributed by atoms with Gasteiger partial charge in [-0.25, -0.2) is 9.37 Å². The topological polar surface area (TPSA) is 70.5 Å². The number of nitrogens with zero attached hydrogens (tertiary/aromatic N) is 4. The van der Waals surface area contributed by atoms with E-state index in [-0.39, 0.29) is 11.5 Å². The highest BCUT2D eigenvalue weighted by molar-refractivity contribution is 7.14. The van der Waals surface area contributed by atoms with Gasteiger partial charge in [-0.1, -0.05) is 19.9 Å². The summed E-state index contributed by atoms with van der Waals surface area (Å²) in [6.07, 6.45) is 8.47. The summed E-state index contributed by atoms with van der Waals surface area (Å²) < 4.78 is 16.9. The smallest absolute Gasteiger partial charge is 0.274 e. The van der Waals surface area contributed by atoms with E-state index in [4.69, 9.17) is 4.98 Å². The molecule has 0 saturated carbocycles. The molecule has 0 fully saturated rings. The molecule has 0 radical (unpaired) electrons. The maximum atomic E-state index is 15.4. The predicted octanol–water partition coefficient (Wildman–Crippen LogP) is 6.41. The van der Waals surface area contributed by atoms with Gasteiger partial charge in [0, 0.05) is 55.4 Å². The van der Waals surface area contributed by atoms with Crippen LogP contribution in [0.15, 0.2) is 41.3 Å². The fraction of sp³-hybridized carbons (Fsp3) is 0.400. The second-order valence-electron chi connectivity index (χ2n) is 12.1. The number of amides is 1. The number of halogens is 1.